The third-order valence-electron chi connectivity index (χ3n) is 2.93. The molecule has 1 aromatic heterocycles. The smallest absolute Gasteiger partial charge is 0.0894 e. The van der Waals surface area contributed by atoms with Crippen LogP contribution in [-0.4, -0.2) is 9.78 Å². The van der Waals surface area contributed by atoms with E-state index in [0.717, 1.165) is 24.2 Å². The summed E-state index contributed by atoms with van der Waals surface area (Å²) in [6, 6.07) is 4.95. The second-order valence-electron chi connectivity index (χ2n) is 4.40. The second kappa shape index (κ2) is 6.78. The van der Waals surface area contributed by atoms with Crippen LogP contribution in [0.15, 0.2) is 24.4 Å². The molecule has 0 saturated heterocycles. The molecule has 2 aromatic rings. The lowest BCUT2D eigenvalue weighted by Gasteiger charge is -2.19. The molecule has 0 amide bonds. The number of hydrogen-bond donors (Lipinski definition) is 2. The Balaban J connectivity index is 2.49. The van der Waals surface area contributed by atoms with E-state index in [9.17, 15) is 0 Å². The van der Waals surface area contributed by atoms with Crippen molar-refractivity contribution in [2.45, 2.75) is 25.9 Å². The standard InChI is InChI=1S/C13H15Cl3N4/c1-2-3-20-13(11(16)7-18-20)12(19-17)8-4-9(14)6-10(15)5-8/h4-7,12,19H,2-3,17H2,1H3. The van der Waals surface area contributed by atoms with Crippen molar-refractivity contribution in [3.8, 4) is 0 Å². The summed E-state index contributed by atoms with van der Waals surface area (Å²) in [5, 5.41) is 5.91. The van der Waals surface area contributed by atoms with Crippen molar-refractivity contribution in [1.82, 2.24) is 15.2 Å². The SMILES string of the molecule is CCCn1ncc(Cl)c1C(NN)c1cc(Cl)cc(Cl)c1. The van der Waals surface area contributed by atoms with Crippen LogP contribution in [0.2, 0.25) is 15.1 Å². The highest BCUT2D eigenvalue weighted by molar-refractivity contribution is 6.34. The average molecular weight is 334 g/mol. The highest BCUT2D eigenvalue weighted by Crippen LogP contribution is 2.31. The van der Waals surface area contributed by atoms with Crippen molar-refractivity contribution in [1.29, 1.82) is 0 Å². The zero-order valence-electron chi connectivity index (χ0n) is 10.9. The number of benzene rings is 1. The summed E-state index contributed by atoms with van der Waals surface area (Å²) < 4.78 is 1.83. The van der Waals surface area contributed by atoms with Crippen molar-refractivity contribution in [3.63, 3.8) is 0 Å². The fourth-order valence-electron chi connectivity index (χ4n) is 2.12. The minimum atomic E-state index is -0.326. The molecule has 0 bridgehead atoms. The summed E-state index contributed by atoms with van der Waals surface area (Å²) in [4.78, 5) is 0. The number of rotatable bonds is 5. The third kappa shape index (κ3) is 3.27. The molecule has 0 spiro atoms. The fraction of sp³-hybridized carbons (Fsp3) is 0.308. The minimum absolute atomic E-state index is 0.326. The molecule has 1 atom stereocenters. The summed E-state index contributed by atoms with van der Waals surface area (Å²) in [5.41, 5.74) is 4.39. The normalized spacial score (nSPS) is 12.7. The first kappa shape index (κ1) is 15.6. The van der Waals surface area contributed by atoms with E-state index < -0.39 is 0 Å². The van der Waals surface area contributed by atoms with E-state index in [4.69, 9.17) is 40.6 Å². The van der Waals surface area contributed by atoms with Crippen LogP contribution < -0.4 is 11.3 Å². The predicted molar refractivity (Wildman–Crippen MR) is 83.2 cm³/mol. The molecular formula is C13H15Cl3N4. The predicted octanol–water partition coefficient (Wildman–Crippen LogP) is 3.81. The molecule has 1 aromatic carbocycles. The van der Waals surface area contributed by atoms with E-state index in [0.29, 0.717) is 15.1 Å². The van der Waals surface area contributed by atoms with Gasteiger partial charge in [0.1, 0.15) is 0 Å². The topological polar surface area (TPSA) is 55.9 Å². The van der Waals surface area contributed by atoms with E-state index in [1.165, 1.54) is 0 Å². The first-order chi connectivity index (χ1) is 9.56. The van der Waals surface area contributed by atoms with Gasteiger partial charge < -0.3 is 0 Å². The molecule has 1 heterocycles. The first-order valence-corrected chi connectivity index (χ1v) is 7.33. The molecule has 0 aliphatic carbocycles. The highest BCUT2D eigenvalue weighted by Gasteiger charge is 2.21. The number of nitrogens with zero attached hydrogens (tertiary/aromatic N) is 2. The number of hydrazine groups is 1. The molecule has 1 unspecified atom stereocenters. The Morgan fingerprint density at radius 2 is 1.90 bits per heavy atom. The maximum atomic E-state index is 6.24. The van der Waals surface area contributed by atoms with Gasteiger partial charge in [-0.15, -0.1) is 0 Å². The van der Waals surface area contributed by atoms with Gasteiger partial charge in [-0.3, -0.25) is 10.5 Å². The van der Waals surface area contributed by atoms with Crippen LogP contribution in [0.25, 0.3) is 0 Å². The van der Waals surface area contributed by atoms with Crippen LogP contribution in [-0.2, 0) is 6.54 Å². The molecule has 3 N–H and O–H groups in total. The summed E-state index contributed by atoms with van der Waals surface area (Å²) in [5.74, 6) is 5.69. The number of aromatic nitrogens is 2. The summed E-state index contributed by atoms with van der Waals surface area (Å²) >= 11 is 18.3. The van der Waals surface area contributed by atoms with E-state index in [-0.39, 0.29) is 6.04 Å². The van der Waals surface area contributed by atoms with E-state index in [2.05, 4.69) is 17.4 Å². The highest BCUT2D eigenvalue weighted by atomic mass is 35.5. The lowest BCUT2D eigenvalue weighted by molar-refractivity contribution is 0.521. The second-order valence-corrected chi connectivity index (χ2v) is 5.68. The van der Waals surface area contributed by atoms with Crippen LogP contribution in [0.3, 0.4) is 0 Å². The molecule has 0 saturated carbocycles. The molecule has 7 heteroatoms. The van der Waals surface area contributed by atoms with E-state index in [1.807, 2.05) is 4.68 Å². The molecule has 2 rings (SSSR count). The third-order valence-corrected chi connectivity index (χ3v) is 3.65. The van der Waals surface area contributed by atoms with Crippen LogP contribution in [0, 0.1) is 0 Å². The van der Waals surface area contributed by atoms with Gasteiger partial charge in [-0.1, -0.05) is 41.7 Å². The van der Waals surface area contributed by atoms with Gasteiger partial charge in [-0.2, -0.15) is 5.10 Å². The van der Waals surface area contributed by atoms with Gasteiger partial charge >= 0.3 is 0 Å². The minimum Gasteiger partial charge on any atom is -0.271 e. The Morgan fingerprint density at radius 1 is 1.25 bits per heavy atom. The van der Waals surface area contributed by atoms with Gasteiger partial charge in [0.05, 0.1) is 23.0 Å². The molecule has 0 aliphatic heterocycles. The molecule has 20 heavy (non-hydrogen) atoms. The summed E-state index contributed by atoms with van der Waals surface area (Å²) in [6.07, 6.45) is 2.56. The van der Waals surface area contributed by atoms with Crippen LogP contribution in [0.4, 0.5) is 0 Å². The van der Waals surface area contributed by atoms with Crippen LogP contribution in [0.1, 0.15) is 30.6 Å². The van der Waals surface area contributed by atoms with Crippen molar-refractivity contribution in [2.24, 2.45) is 5.84 Å². The molecule has 108 valence electrons. The Labute approximate surface area is 132 Å². The summed E-state index contributed by atoms with van der Waals surface area (Å²) in [7, 11) is 0. The Bertz CT molecular complexity index is 577. The van der Waals surface area contributed by atoms with Crippen molar-refractivity contribution < 1.29 is 0 Å². The monoisotopic (exact) mass is 332 g/mol. The zero-order valence-corrected chi connectivity index (χ0v) is 13.2. The van der Waals surface area contributed by atoms with E-state index >= 15 is 0 Å². The number of aryl methyl sites for hydroxylation is 1. The fourth-order valence-corrected chi connectivity index (χ4v) is 2.92. The molecule has 0 radical (unpaired) electrons. The maximum absolute atomic E-state index is 6.24. The lowest BCUT2D eigenvalue weighted by atomic mass is 10.0. The van der Waals surface area contributed by atoms with Gasteiger partial charge in [0.25, 0.3) is 0 Å². The number of hydrogen-bond acceptors (Lipinski definition) is 3. The molecule has 4 nitrogen and oxygen atoms in total. The Morgan fingerprint density at radius 3 is 2.45 bits per heavy atom. The van der Waals surface area contributed by atoms with Crippen molar-refractivity contribution >= 4 is 34.8 Å². The molecule has 0 aliphatic rings. The number of nitrogens with two attached hydrogens (primary N) is 1. The molecular weight excluding hydrogens is 319 g/mol. The Kier molecular flexibility index (Phi) is 5.29. The first-order valence-electron chi connectivity index (χ1n) is 6.20. The zero-order chi connectivity index (χ0) is 14.7. The van der Waals surface area contributed by atoms with Crippen molar-refractivity contribution in [2.75, 3.05) is 0 Å². The number of nitrogens with one attached hydrogen (secondary N) is 1. The van der Waals surface area contributed by atoms with Gasteiger partial charge in [0.2, 0.25) is 0 Å². The van der Waals surface area contributed by atoms with E-state index in [1.54, 1.807) is 24.4 Å². The van der Waals surface area contributed by atoms with Gasteiger partial charge in [0.15, 0.2) is 0 Å². The number of halogens is 3. The largest absolute Gasteiger partial charge is 0.271 e. The van der Waals surface area contributed by atoms with Gasteiger partial charge in [0, 0.05) is 16.6 Å². The maximum Gasteiger partial charge on any atom is 0.0894 e. The summed E-state index contributed by atoms with van der Waals surface area (Å²) in [6.45, 7) is 2.83. The van der Waals surface area contributed by atoms with Gasteiger partial charge in [-0.05, 0) is 30.2 Å². The van der Waals surface area contributed by atoms with Crippen LogP contribution in [0.5, 0.6) is 0 Å². The van der Waals surface area contributed by atoms with Crippen molar-refractivity contribution in [3.05, 3.63) is 50.7 Å². The quantitative estimate of drug-likeness (QED) is 0.646. The van der Waals surface area contributed by atoms with Crippen LogP contribution >= 0.6 is 34.8 Å². The lowest BCUT2D eigenvalue weighted by Crippen LogP contribution is -2.31. The van der Waals surface area contributed by atoms with Gasteiger partial charge in [-0.25, -0.2) is 5.43 Å². The Hall–Kier alpha value is -0.780. The average Bonchev–Trinajstić information content (AvgIpc) is 2.72. The molecule has 0 fully saturated rings.